The van der Waals surface area contributed by atoms with Crippen LogP contribution in [0.3, 0.4) is 0 Å². The van der Waals surface area contributed by atoms with Gasteiger partial charge in [-0.05, 0) is 126 Å². The molecule has 0 bridgehead atoms. The Kier molecular flexibility index (Phi) is 8.95. The molecular formula is C53H29F2N11. The number of halogens is 2. The maximum absolute atomic E-state index is 15.3. The summed E-state index contributed by atoms with van der Waals surface area (Å²) in [5, 5.41) is 3.41. The van der Waals surface area contributed by atoms with Crippen molar-refractivity contribution in [2.45, 2.75) is 0 Å². The van der Waals surface area contributed by atoms with Crippen molar-refractivity contribution in [3.8, 4) is 68.1 Å². The quantitative estimate of drug-likeness (QED) is 0.145. The molecule has 6 heterocycles. The second-order valence-electron chi connectivity index (χ2n) is 15.5. The van der Waals surface area contributed by atoms with Crippen molar-refractivity contribution < 1.29 is 8.78 Å². The van der Waals surface area contributed by atoms with Crippen LogP contribution in [-0.2, 0) is 0 Å². The van der Waals surface area contributed by atoms with E-state index >= 15 is 8.78 Å². The molecule has 0 fully saturated rings. The van der Waals surface area contributed by atoms with Gasteiger partial charge in [-0.25, -0.2) is 53.5 Å². The van der Waals surface area contributed by atoms with Crippen LogP contribution in [0.4, 0.5) is 14.5 Å². The number of hydrogen-bond donors (Lipinski definition) is 0. The Hall–Kier alpha value is -9.41. The molecule has 0 radical (unpaired) electrons. The van der Waals surface area contributed by atoms with E-state index in [-0.39, 0.29) is 11.3 Å². The molecule has 0 aliphatic carbocycles. The Morgan fingerprint density at radius 3 is 1.08 bits per heavy atom. The third-order valence-electron chi connectivity index (χ3n) is 11.7. The molecule has 0 N–H and O–H groups in total. The van der Waals surface area contributed by atoms with E-state index in [9.17, 15) is 0 Å². The lowest BCUT2D eigenvalue weighted by atomic mass is 10.00. The smallest absolute Gasteiger partial charge is 0.234 e. The zero-order valence-electron chi connectivity index (χ0n) is 34.4. The first-order chi connectivity index (χ1) is 32.5. The van der Waals surface area contributed by atoms with Gasteiger partial charge < -0.3 is 9.13 Å². The Morgan fingerprint density at radius 1 is 0.379 bits per heavy atom. The molecule has 66 heavy (non-hydrogen) atoms. The van der Waals surface area contributed by atoms with Crippen molar-refractivity contribution in [2.24, 2.45) is 0 Å². The van der Waals surface area contributed by atoms with Crippen molar-refractivity contribution in [1.82, 2.24) is 49.0 Å². The fourth-order valence-electron chi connectivity index (χ4n) is 8.92. The number of hydrogen-bond acceptors (Lipinski definition) is 8. The summed E-state index contributed by atoms with van der Waals surface area (Å²) in [6.45, 7) is 9.08. The standard InChI is InChI=1S/C53H29F2N11/c1-56-48-47(65-43-11-6-31(50-57-16-2-17-58-50)26-39(43)40-27-32(7-12-44(40)65)51-59-18-3-19-60-51)15-10-38(35-24-36(54)30-37(55)25-35)49(48)66-45-13-8-33(52-61-20-4-21-62-52)28-41(45)42-29-34(9-14-46(42)66)53-63-22-5-23-64-53/h2-30H. The van der Waals surface area contributed by atoms with Crippen molar-refractivity contribution in [1.29, 1.82) is 0 Å². The molecule has 0 aliphatic rings. The van der Waals surface area contributed by atoms with E-state index in [2.05, 4.69) is 61.4 Å². The van der Waals surface area contributed by atoms with Gasteiger partial charge in [0.2, 0.25) is 5.69 Å². The van der Waals surface area contributed by atoms with Crippen LogP contribution in [0.2, 0.25) is 0 Å². The van der Waals surface area contributed by atoms with Gasteiger partial charge in [0.1, 0.15) is 11.6 Å². The predicted octanol–water partition coefficient (Wildman–Crippen LogP) is 12.2. The van der Waals surface area contributed by atoms with Crippen LogP contribution < -0.4 is 0 Å². The maximum atomic E-state index is 15.3. The molecular weight excluding hydrogens is 829 g/mol. The Morgan fingerprint density at radius 2 is 0.727 bits per heavy atom. The molecule has 12 aromatic rings. The highest BCUT2D eigenvalue weighted by Crippen LogP contribution is 2.47. The second-order valence-corrected chi connectivity index (χ2v) is 15.5. The monoisotopic (exact) mass is 857 g/mol. The third-order valence-corrected chi connectivity index (χ3v) is 11.7. The van der Waals surface area contributed by atoms with Gasteiger partial charge in [0.05, 0.1) is 40.0 Å². The number of rotatable bonds is 7. The fraction of sp³-hybridized carbons (Fsp3) is 0. The minimum absolute atomic E-state index is 0.242. The van der Waals surface area contributed by atoms with E-state index in [1.165, 1.54) is 12.1 Å². The number of aromatic nitrogens is 10. The van der Waals surface area contributed by atoms with Crippen LogP contribution >= 0.6 is 0 Å². The van der Waals surface area contributed by atoms with Gasteiger partial charge >= 0.3 is 0 Å². The van der Waals surface area contributed by atoms with Gasteiger partial charge in [0.25, 0.3) is 0 Å². The highest BCUT2D eigenvalue weighted by Gasteiger charge is 2.26. The molecule has 0 unspecified atom stereocenters. The van der Waals surface area contributed by atoms with Crippen LogP contribution in [0.5, 0.6) is 0 Å². The van der Waals surface area contributed by atoms with Crippen molar-refractivity contribution in [3.05, 3.63) is 200 Å². The first-order valence-corrected chi connectivity index (χ1v) is 20.8. The molecule has 6 aromatic carbocycles. The Labute approximate surface area is 373 Å². The van der Waals surface area contributed by atoms with Crippen LogP contribution in [0, 0.1) is 18.2 Å². The lowest BCUT2D eigenvalue weighted by molar-refractivity contribution is 0.584. The van der Waals surface area contributed by atoms with E-state index < -0.39 is 11.6 Å². The first kappa shape index (κ1) is 38.3. The Bertz CT molecular complexity index is 3690. The molecule has 0 spiro atoms. The average Bonchev–Trinajstić information content (AvgIpc) is 3.87. The highest BCUT2D eigenvalue weighted by molar-refractivity contribution is 6.14. The van der Waals surface area contributed by atoms with Gasteiger partial charge in [-0.15, -0.1) is 0 Å². The van der Waals surface area contributed by atoms with Crippen LogP contribution in [-0.4, -0.2) is 49.0 Å². The largest absolute Gasteiger partial charge is 0.319 e. The summed E-state index contributed by atoms with van der Waals surface area (Å²) in [6.07, 6.45) is 13.6. The SMILES string of the molecule is [C-]#[N+]c1c(-n2c3ccc(-c4ncccn4)cc3c3cc(-c4ncccn4)ccc32)ccc(-c2cc(F)cc(F)c2)c1-n1c2ccc(-c3ncccn3)cc2c2cc(-c3ncccn3)ccc21. The van der Waals surface area contributed by atoms with E-state index in [0.717, 1.165) is 71.9 Å². The van der Waals surface area contributed by atoms with Crippen molar-refractivity contribution >= 4 is 49.3 Å². The summed E-state index contributed by atoms with van der Waals surface area (Å²) in [4.78, 5) is 40.6. The summed E-state index contributed by atoms with van der Waals surface area (Å²) >= 11 is 0. The molecule has 6 aromatic heterocycles. The van der Waals surface area contributed by atoms with Crippen molar-refractivity contribution in [2.75, 3.05) is 0 Å². The number of benzene rings is 6. The molecule has 12 rings (SSSR count). The summed E-state index contributed by atoms with van der Waals surface area (Å²) in [6, 6.07) is 38.1. The fourth-order valence-corrected chi connectivity index (χ4v) is 8.92. The average molecular weight is 858 g/mol. The zero-order valence-corrected chi connectivity index (χ0v) is 34.4. The van der Waals surface area contributed by atoms with Crippen LogP contribution in [0.25, 0.3) is 117 Å². The van der Waals surface area contributed by atoms with Gasteiger partial charge in [-0.2, -0.15) is 0 Å². The van der Waals surface area contributed by atoms with E-state index in [1.807, 2.05) is 77.4 Å². The molecule has 0 saturated carbocycles. The molecule has 0 amide bonds. The third kappa shape index (κ3) is 6.31. The summed E-state index contributed by atoms with van der Waals surface area (Å²) in [5.41, 5.74) is 8.18. The van der Waals surface area contributed by atoms with Crippen LogP contribution in [0.15, 0.2) is 177 Å². The molecule has 0 atom stereocenters. The maximum Gasteiger partial charge on any atom is 0.234 e. The summed E-state index contributed by atoms with van der Waals surface area (Å²) < 4.78 is 34.7. The van der Waals surface area contributed by atoms with Gasteiger partial charge in [0.15, 0.2) is 23.3 Å². The molecule has 11 nitrogen and oxygen atoms in total. The topological polar surface area (TPSA) is 117 Å². The molecule has 310 valence electrons. The summed E-state index contributed by atoms with van der Waals surface area (Å²) in [5.74, 6) is 0.717. The zero-order chi connectivity index (χ0) is 44.3. The van der Waals surface area contributed by atoms with Gasteiger partial charge in [0, 0.05) is 99.4 Å². The predicted molar refractivity (Wildman–Crippen MR) is 251 cm³/mol. The normalized spacial score (nSPS) is 11.5. The lowest BCUT2D eigenvalue weighted by Crippen LogP contribution is -2.03. The lowest BCUT2D eigenvalue weighted by Gasteiger charge is -2.20. The van der Waals surface area contributed by atoms with Gasteiger partial charge in [-0.3, -0.25) is 0 Å². The van der Waals surface area contributed by atoms with E-state index in [0.29, 0.717) is 40.2 Å². The summed E-state index contributed by atoms with van der Waals surface area (Å²) in [7, 11) is 0. The number of fused-ring (bicyclic) bond motifs is 6. The first-order valence-electron chi connectivity index (χ1n) is 20.8. The second kappa shape index (κ2) is 15.4. The van der Waals surface area contributed by atoms with Crippen molar-refractivity contribution in [3.63, 3.8) is 0 Å². The van der Waals surface area contributed by atoms with E-state index in [1.54, 1.807) is 73.8 Å². The van der Waals surface area contributed by atoms with E-state index in [4.69, 9.17) is 6.57 Å². The highest BCUT2D eigenvalue weighted by atomic mass is 19.1. The minimum atomic E-state index is -0.745. The molecule has 0 saturated heterocycles. The Balaban J connectivity index is 1.19. The number of nitrogens with zero attached hydrogens (tertiary/aromatic N) is 11. The molecule has 13 heteroatoms. The molecule has 0 aliphatic heterocycles. The van der Waals surface area contributed by atoms with Gasteiger partial charge in [-0.1, -0.05) is 6.07 Å². The minimum Gasteiger partial charge on any atom is -0.319 e. The van der Waals surface area contributed by atoms with Crippen LogP contribution in [0.1, 0.15) is 0 Å².